The second-order valence-electron chi connectivity index (χ2n) is 3.72. The molecule has 0 bridgehead atoms. The van der Waals surface area contributed by atoms with Crippen LogP contribution >= 0.6 is 0 Å². The van der Waals surface area contributed by atoms with E-state index >= 15 is 0 Å². The number of hydrogen-bond acceptors (Lipinski definition) is 5. The van der Waals surface area contributed by atoms with Gasteiger partial charge in [0.25, 0.3) is 0 Å². The number of hydrogen-bond donors (Lipinski definition) is 0. The highest BCUT2D eigenvalue weighted by atomic mass is 16.6. The summed E-state index contributed by atoms with van der Waals surface area (Å²) in [6, 6.07) is 0. The van der Waals surface area contributed by atoms with E-state index in [1.807, 2.05) is 20.8 Å². The van der Waals surface area contributed by atoms with Gasteiger partial charge in [0.15, 0.2) is 12.9 Å². The maximum absolute atomic E-state index is 10.3. The maximum atomic E-state index is 10.3. The third-order valence-corrected chi connectivity index (χ3v) is 2.13. The lowest BCUT2D eigenvalue weighted by Crippen LogP contribution is -2.25. The molecule has 84 valence electrons. The van der Waals surface area contributed by atoms with Gasteiger partial charge in [-0.05, 0) is 25.2 Å². The minimum absolute atomic E-state index is 0.120. The molecule has 0 radical (unpaired) electrons. The summed E-state index contributed by atoms with van der Waals surface area (Å²) in [7, 11) is 0. The molecule has 0 unspecified atom stereocenters. The minimum Gasteiger partial charge on any atom is -0.358 e. The minimum atomic E-state index is -0.589. The Kier molecular flexibility index (Phi) is 3.35. The fourth-order valence-electron chi connectivity index (χ4n) is 0.769. The normalized spacial score (nSPS) is 11.7. The van der Waals surface area contributed by atoms with Crippen LogP contribution in [0.25, 0.3) is 0 Å². The molecular formula is C8H14N4O3. The number of rotatable bonds is 5. The van der Waals surface area contributed by atoms with Gasteiger partial charge in [-0.1, -0.05) is 11.7 Å². The Labute approximate surface area is 87.2 Å². The predicted molar refractivity (Wildman–Crippen MR) is 52.1 cm³/mol. The van der Waals surface area contributed by atoms with E-state index in [0.717, 1.165) is 17.4 Å². The van der Waals surface area contributed by atoms with Crippen LogP contribution in [0.1, 0.15) is 27.2 Å². The van der Waals surface area contributed by atoms with Gasteiger partial charge >= 0.3 is 5.82 Å². The Morgan fingerprint density at radius 3 is 2.80 bits per heavy atom. The van der Waals surface area contributed by atoms with Crippen LogP contribution in [0.3, 0.4) is 0 Å². The van der Waals surface area contributed by atoms with Crippen molar-refractivity contribution in [2.45, 2.75) is 39.5 Å². The van der Waals surface area contributed by atoms with Crippen molar-refractivity contribution in [2.24, 2.45) is 0 Å². The first-order valence-corrected chi connectivity index (χ1v) is 4.63. The van der Waals surface area contributed by atoms with Gasteiger partial charge in [0.1, 0.15) is 0 Å². The number of nitro groups is 1. The molecule has 1 aromatic heterocycles. The van der Waals surface area contributed by atoms with Crippen molar-refractivity contribution in [1.82, 2.24) is 15.0 Å². The van der Waals surface area contributed by atoms with Crippen LogP contribution in [0.15, 0.2) is 6.20 Å². The van der Waals surface area contributed by atoms with E-state index in [0.29, 0.717) is 0 Å². The van der Waals surface area contributed by atoms with Crippen molar-refractivity contribution < 1.29 is 9.66 Å². The van der Waals surface area contributed by atoms with Gasteiger partial charge in [0.05, 0.1) is 10.7 Å². The summed E-state index contributed by atoms with van der Waals surface area (Å²) in [6.45, 7) is 5.99. The molecule has 0 aliphatic carbocycles. The molecule has 7 nitrogen and oxygen atoms in total. The van der Waals surface area contributed by atoms with Gasteiger partial charge in [0.2, 0.25) is 0 Å². The van der Waals surface area contributed by atoms with Crippen molar-refractivity contribution in [3.8, 4) is 0 Å². The summed E-state index contributed by atoms with van der Waals surface area (Å²) >= 11 is 0. The molecule has 1 rings (SSSR count). The first-order chi connectivity index (χ1) is 6.94. The molecule has 0 aliphatic heterocycles. The van der Waals surface area contributed by atoms with Crippen molar-refractivity contribution in [1.29, 1.82) is 0 Å². The number of aromatic nitrogens is 3. The van der Waals surface area contributed by atoms with Crippen LogP contribution in [0, 0.1) is 10.1 Å². The molecule has 0 N–H and O–H groups in total. The summed E-state index contributed by atoms with van der Waals surface area (Å²) in [5, 5.41) is 17.7. The lowest BCUT2D eigenvalue weighted by Gasteiger charge is -2.21. The first kappa shape index (κ1) is 11.6. The Hall–Kier alpha value is -1.50. The lowest BCUT2D eigenvalue weighted by molar-refractivity contribution is -0.390. The van der Waals surface area contributed by atoms with Crippen molar-refractivity contribution in [3.05, 3.63) is 16.3 Å². The van der Waals surface area contributed by atoms with Gasteiger partial charge in [-0.3, -0.25) is 0 Å². The SMILES string of the molecule is CCC(C)(C)OCn1ncc([N+](=O)[O-])n1. The van der Waals surface area contributed by atoms with Crippen LogP contribution in [-0.2, 0) is 11.5 Å². The topological polar surface area (TPSA) is 83.1 Å². The summed E-state index contributed by atoms with van der Waals surface area (Å²) < 4.78 is 5.47. The number of nitrogens with zero attached hydrogens (tertiary/aromatic N) is 4. The van der Waals surface area contributed by atoms with E-state index in [1.54, 1.807) is 0 Å². The van der Waals surface area contributed by atoms with E-state index in [-0.39, 0.29) is 18.1 Å². The van der Waals surface area contributed by atoms with Crippen LogP contribution in [0.5, 0.6) is 0 Å². The predicted octanol–water partition coefficient (Wildman–Crippen LogP) is 1.35. The molecule has 0 saturated heterocycles. The largest absolute Gasteiger partial charge is 0.410 e. The fourth-order valence-corrected chi connectivity index (χ4v) is 0.769. The molecule has 0 atom stereocenters. The van der Waals surface area contributed by atoms with Crippen molar-refractivity contribution in [2.75, 3.05) is 0 Å². The molecule has 7 heteroatoms. The Morgan fingerprint density at radius 2 is 2.33 bits per heavy atom. The molecule has 0 amide bonds. The maximum Gasteiger partial charge on any atom is 0.410 e. The Bertz CT molecular complexity index is 347. The molecule has 0 spiro atoms. The summed E-state index contributed by atoms with van der Waals surface area (Å²) in [5.74, 6) is -0.270. The van der Waals surface area contributed by atoms with E-state index < -0.39 is 4.92 Å². The van der Waals surface area contributed by atoms with Gasteiger partial charge < -0.3 is 14.9 Å². The smallest absolute Gasteiger partial charge is 0.358 e. The quantitative estimate of drug-likeness (QED) is 0.545. The molecule has 0 fully saturated rings. The van der Waals surface area contributed by atoms with Gasteiger partial charge in [-0.15, -0.1) is 5.10 Å². The zero-order chi connectivity index (χ0) is 11.5. The molecular weight excluding hydrogens is 200 g/mol. The van der Waals surface area contributed by atoms with E-state index in [4.69, 9.17) is 4.74 Å². The zero-order valence-corrected chi connectivity index (χ0v) is 9.01. The highest BCUT2D eigenvalue weighted by Gasteiger charge is 2.18. The summed E-state index contributed by atoms with van der Waals surface area (Å²) in [5.41, 5.74) is -0.275. The van der Waals surface area contributed by atoms with E-state index in [1.165, 1.54) is 0 Å². The van der Waals surface area contributed by atoms with E-state index in [2.05, 4.69) is 10.2 Å². The van der Waals surface area contributed by atoms with Gasteiger partial charge in [0, 0.05) is 0 Å². The molecule has 1 aromatic rings. The van der Waals surface area contributed by atoms with Crippen molar-refractivity contribution in [3.63, 3.8) is 0 Å². The highest BCUT2D eigenvalue weighted by molar-refractivity contribution is 5.07. The molecule has 0 aliphatic rings. The van der Waals surface area contributed by atoms with Crippen LogP contribution in [-0.4, -0.2) is 25.5 Å². The third-order valence-electron chi connectivity index (χ3n) is 2.13. The lowest BCUT2D eigenvalue weighted by atomic mass is 10.1. The van der Waals surface area contributed by atoms with Crippen LogP contribution in [0.2, 0.25) is 0 Å². The van der Waals surface area contributed by atoms with Gasteiger partial charge in [-0.2, -0.15) is 0 Å². The first-order valence-electron chi connectivity index (χ1n) is 4.63. The second-order valence-corrected chi connectivity index (χ2v) is 3.72. The third kappa shape index (κ3) is 3.28. The average molecular weight is 214 g/mol. The highest BCUT2D eigenvalue weighted by Crippen LogP contribution is 2.14. The standard InChI is InChI=1S/C8H14N4O3/c1-4-8(2,3)15-6-11-9-5-7(10-11)12(13)14/h5H,4,6H2,1-3H3. The number of ether oxygens (including phenoxy) is 1. The monoisotopic (exact) mass is 214 g/mol. The Balaban J connectivity index is 2.55. The fraction of sp³-hybridized carbons (Fsp3) is 0.750. The summed E-state index contributed by atoms with van der Waals surface area (Å²) in [4.78, 5) is 10.9. The van der Waals surface area contributed by atoms with E-state index in [9.17, 15) is 10.1 Å². The average Bonchev–Trinajstić information content (AvgIpc) is 2.63. The van der Waals surface area contributed by atoms with Crippen molar-refractivity contribution >= 4 is 5.82 Å². The molecule has 0 aromatic carbocycles. The molecule has 0 saturated carbocycles. The van der Waals surface area contributed by atoms with Crippen LogP contribution in [0.4, 0.5) is 5.82 Å². The zero-order valence-electron chi connectivity index (χ0n) is 9.01. The Morgan fingerprint density at radius 1 is 1.67 bits per heavy atom. The molecule has 1 heterocycles. The summed E-state index contributed by atoms with van der Waals surface area (Å²) in [6.07, 6.45) is 1.94. The second kappa shape index (κ2) is 4.35. The van der Waals surface area contributed by atoms with Gasteiger partial charge in [-0.25, -0.2) is 0 Å². The molecule has 15 heavy (non-hydrogen) atoms. The van der Waals surface area contributed by atoms with Crippen LogP contribution < -0.4 is 0 Å².